The van der Waals surface area contributed by atoms with E-state index in [1.165, 1.54) is 0 Å². The first-order valence-electron chi connectivity index (χ1n) is 6.40. The fourth-order valence-corrected chi connectivity index (χ4v) is 2.24. The van der Waals surface area contributed by atoms with Crippen LogP contribution in [0.5, 0.6) is 0 Å². The van der Waals surface area contributed by atoms with Gasteiger partial charge in [0.05, 0.1) is 0 Å². The monoisotopic (exact) mass is 264 g/mol. The Balaban J connectivity index is 3.18. The van der Waals surface area contributed by atoms with Gasteiger partial charge in [0.25, 0.3) is 0 Å². The Kier molecular flexibility index (Phi) is 4.70. The molecule has 19 heavy (non-hydrogen) atoms. The predicted octanol–water partition coefficient (Wildman–Crippen LogP) is 2.70. The molecule has 0 spiro atoms. The minimum Gasteiger partial charge on any atom is -0.480 e. The molecule has 0 aliphatic rings. The second-order valence-corrected chi connectivity index (χ2v) is 5.16. The van der Waals surface area contributed by atoms with Gasteiger partial charge >= 0.3 is 11.9 Å². The van der Waals surface area contributed by atoms with E-state index in [1.807, 2.05) is 12.1 Å². The van der Waals surface area contributed by atoms with Crippen LogP contribution in [0.1, 0.15) is 38.3 Å². The second kappa shape index (κ2) is 5.87. The summed E-state index contributed by atoms with van der Waals surface area (Å²) in [5.41, 5.74) is -0.446. The molecule has 0 saturated heterocycles. The van der Waals surface area contributed by atoms with E-state index in [0.29, 0.717) is 11.5 Å². The van der Waals surface area contributed by atoms with Crippen LogP contribution in [-0.2, 0) is 21.4 Å². The fraction of sp³-hybridized carbons (Fsp3) is 0.467. The zero-order chi connectivity index (χ0) is 14.6. The first-order valence-corrected chi connectivity index (χ1v) is 6.40. The lowest BCUT2D eigenvalue weighted by Gasteiger charge is -2.24. The molecule has 4 nitrogen and oxygen atoms in total. The van der Waals surface area contributed by atoms with Gasteiger partial charge in [0.2, 0.25) is 0 Å². The van der Waals surface area contributed by atoms with Gasteiger partial charge in [0.1, 0.15) is 0 Å². The molecule has 0 saturated carbocycles. The molecule has 0 aromatic heterocycles. The quantitative estimate of drug-likeness (QED) is 0.775. The smallest absolute Gasteiger partial charge is 0.325 e. The molecule has 0 amide bonds. The van der Waals surface area contributed by atoms with E-state index >= 15 is 0 Å². The van der Waals surface area contributed by atoms with Crippen LogP contribution in [0.3, 0.4) is 0 Å². The van der Waals surface area contributed by atoms with E-state index in [2.05, 4.69) is 13.8 Å². The zero-order valence-electron chi connectivity index (χ0n) is 11.5. The van der Waals surface area contributed by atoms with Crippen molar-refractivity contribution in [2.45, 2.75) is 39.0 Å². The fourth-order valence-electron chi connectivity index (χ4n) is 2.24. The summed E-state index contributed by atoms with van der Waals surface area (Å²) >= 11 is 0. The van der Waals surface area contributed by atoms with Gasteiger partial charge in [-0.25, -0.2) is 0 Å². The van der Waals surface area contributed by atoms with Gasteiger partial charge in [-0.1, -0.05) is 45.0 Å². The number of rotatable bonds is 6. The first kappa shape index (κ1) is 15.2. The van der Waals surface area contributed by atoms with Gasteiger partial charge in [-0.3, -0.25) is 9.59 Å². The number of benzene rings is 1. The number of carbonyl (C=O) groups is 2. The van der Waals surface area contributed by atoms with Crippen LogP contribution in [-0.4, -0.2) is 22.2 Å². The van der Waals surface area contributed by atoms with E-state index in [1.54, 1.807) is 19.1 Å². The summed E-state index contributed by atoms with van der Waals surface area (Å²) in [4.78, 5) is 22.8. The Labute approximate surface area is 113 Å². The van der Waals surface area contributed by atoms with E-state index in [0.717, 1.165) is 12.0 Å². The molecule has 0 aliphatic carbocycles. The molecule has 0 unspecified atom stereocenters. The average Bonchev–Trinajstić information content (AvgIpc) is 2.31. The number of aliphatic carboxylic acids is 2. The van der Waals surface area contributed by atoms with Crippen molar-refractivity contribution < 1.29 is 19.8 Å². The summed E-state index contributed by atoms with van der Waals surface area (Å²) in [5, 5.41) is 18.6. The van der Waals surface area contributed by atoms with Crippen molar-refractivity contribution in [3.05, 3.63) is 35.4 Å². The van der Waals surface area contributed by atoms with Gasteiger partial charge < -0.3 is 10.2 Å². The summed E-state index contributed by atoms with van der Waals surface area (Å²) in [6, 6.07) is 6.85. The molecular formula is C15H20O4. The van der Waals surface area contributed by atoms with Crippen molar-refractivity contribution in [3.8, 4) is 0 Å². The average molecular weight is 264 g/mol. The summed E-state index contributed by atoms with van der Waals surface area (Å²) in [7, 11) is 0. The maximum Gasteiger partial charge on any atom is 0.325 e. The van der Waals surface area contributed by atoms with Crippen LogP contribution in [0, 0.1) is 5.92 Å². The topological polar surface area (TPSA) is 74.6 Å². The Bertz CT molecular complexity index is 446. The normalized spacial score (nSPS) is 11.6. The summed E-state index contributed by atoms with van der Waals surface area (Å²) in [6.07, 6.45) is 0.904. The summed E-state index contributed by atoms with van der Waals surface area (Å²) in [6.45, 7) is 5.77. The Hall–Kier alpha value is -1.84. The molecule has 0 aliphatic heterocycles. The van der Waals surface area contributed by atoms with E-state index in [4.69, 9.17) is 0 Å². The Morgan fingerprint density at radius 3 is 1.89 bits per heavy atom. The van der Waals surface area contributed by atoms with Crippen molar-refractivity contribution in [2.75, 3.05) is 0 Å². The molecule has 0 radical (unpaired) electrons. The van der Waals surface area contributed by atoms with Crippen molar-refractivity contribution >= 4 is 11.9 Å². The van der Waals surface area contributed by atoms with Gasteiger partial charge in [0.15, 0.2) is 5.41 Å². The molecular weight excluding hydrogens is 244 g/mol. The van der Waals surface area contributed by atoms with E-state index in [9.17, 15) is 19.8 Å². The lowest BCUT2D eigenvalue weighted by atomic mass is 9.78. The van der Waals surface area contributed by atoms with Crippen LogP contribution in [0.2, 0.25) is 0 Å². The van der Waals surface area contributed by atoms with Crippen LogP contribution in [0.4, 0.5) is 0 Å². The van der Waals surface area contributed by atoms with Crippen LogP contribution in [0.15, 0.2) is 24.3 Å². The predicted molar refractivity (Wildman–Crippen MR) is 72.2 cm³/mol. The molecule has 0 bridgehead atoms. The maximum absolute atomic E-state index is 11.4. The molecule has 0 heterocycles. The third kappa shape index (κ3) is 2.95. The van der Waals surface area contributed by atoms with Gasteiger partial charge in [-0.05, 0) is 29.9 Å². The molecule has 0 atom stereocenters. The highest BCUT2D eigenvalue weighted by Crippen LogP contribution is 2.29. The molecule has 4 heteroatoms. The molecule has 2 N–H and O–H groups in total. The number of carboxylic acids is 2. The van der Waals surface area contributed by atoms with Gasteiger partial charge in [-0.15, -0.1) is 0 Å². The van der Waals surface area contributed by atoms with Crippen LogP contribution in [0.25, 0.3) is 0 Å². The third-order valence-electron chi connectivity index (χ3n) is 3.35. The maximum atomic E-state index is 11.4. The Morgan fingerprint density at radius 2 is 1.58 bits per heavy atom. The van der Waals surface area contributed by atoms with Crippen LogP contribution < -0.4 is 0 Å². The molecule has 1 aromatic rings. The largest absolute Gasteiger partial charge is 0.480 e. The number of hydrogen-bond donors (Lipinski definition) is 2. The standard InChI is InChI=1S/C15H20O4/c1-4-15(13(16)17,14(18)19)12-7-5-11(6-8-12)9-10(2)3/h5-8,10H,4,9H2,1-3H3,(H,16,17)(H,18,19). The zero-order valence-corrected chi connectivity index (χ0v) is 11.5. The first-order chi connectivity index (χ1) is 8.84. The van der Waals surface area contributed by atoms with Crippen molar-refractivity contribution in [1.29, 1.82) is 0 Å². The van der Waals surface area contributed by atoms with Crippen molar-refractivity contribution in [3.63, 3.8) is 0 Å². The SMILES string of the molecule is CCC(C(=O)O)(C(=O)O)c1ccc(CC(C)C)cc1. The van der Waals surface area contributed by atoms with Gasteiger partial charge in [0, 0.05) is 0 Å². The number of hydrogen-bond acceptors (Lipinski definition) is 2. The van der Waals surface area contributed by atoms with E-state index in [-0.39, 0.29) is 6.42 Å². The molecule has 0 fully saturated rings. The second-order valence-electron chi connectivity index (χ2n) is 5.16. The highest BCUT2D eigenvalue weighted by atomic mass is 16.4. The third-order valence-corrected chi connectivity index (χ3v) is 3.35. The minimum atomic E-state index is -1.85. The van der Waals surface area contributed by atoms with Crippen molar-refractivity contribution in [1.82, 2.24) is 0 Å². The molecule has 1 rings (SSSR count). The highest BCUT2D eigenvalue weighted by Gasteiger charge is 2.46. The number of carboxylic acid groups (broad SMARTS) is 2. The van der Waals surface area contributed by atoms with Gasteiger partial charge in [-0.2, -0.15) is 0 Å². The lowest BCUT2D eigenvalue weighted by molar-refractivity contribution is -0.157. The summed E-state index contributed by atoms with van der Waals surface area (Å²) < 4.78 is 0. The van der Waals surface area contributed by atoms with Crippen LogP contribution >= 0.6 is 0 Å². The Morgan fingerprint density at radius 1 is 1.11 bits per heavy atom. The molecule has 104 valence electrons. The summed E-state index contributed by atoms with van der Waals surface area (Å²) in [5.74, 6) is -2.14. The minimum absolute atomic E-state index is 0.0151. The highest BCUT2D eigenvalue weighted by molar-refractivity contribution is 6.04. The van der Waals surface area contributed by atoms with Crippen molar-refractivity contribution in [2.24, 2.45) is 5.92 Å². The van der Waals surface area contributed by atoms with E-state index < -0.39 is 17.4 Å². The molecule has 1 aromatic carbocycles. The lowest BCUT2D eigenvalue weighted by Crippen LogP contribution is -2.43.